The van der Waals surface area contributed by atoms with Crippen molar-refractivity contribution in [2.24, 2.45) is 0 Å². The fourth-order valence-electron chi connectivity index (χ4n) is 2.85. The lowest BCUT2D eigenvalue weighted by Gasteiger charge is -2.18. The SMILES string of the molecule is CCCc1cc(=O)oc2cc(O[C@H](C)C(=O)N[C@H](CCC)C(=O)O)ccc12. The summed E-state index contributed by atoms with van der Waals surface area (Å²) < 4.78 is 10.9. The van der Waals surface area contributed by atoms with Crippen LogP contribution in [0.15, 0.2) is 33.5 Å². The maximum absolute atomic E-state index is 12.2. The van der Waals surface area contributed by atoms with Crippen LogP contribution in [0, 0.1) is 0 Å². The van der Waals surface area contributed by atoms with Crippen LogP contribution in [-0.2, 0) is 16.0 Å². The Balaban J connectivity index is 2.16. The zero-order chi connectivity index (χ0) is 20.0. The van der Waals surface area contributed by atoms with Crippen LogP contribution in [-0.4, -0.2) is 29.1 Å². The second kappa shape index (κ2) is 9.21. The summed E-state index contributed by atoms with van der Waals surface area (Å²) in [5.41, 5.74) is 0.869. The molecule has 27 heavy (non-hydrogen) atoms. The molecule has 1 aromatic heterocycles. The number of nitrogens with one attached hydrogen (secondary N) is 1. The van der Waals surface area contributed by atoms with Crippen molar-refractivity contribution in [1.29, 1.82) is 0 Å². The molecule has 2 atom stereocenters. The number of amides is 1. The molecule has 2 rings (SSSR count). The smallest absolute Gasteiger partial charge is 0.336 e. The molecule has 0 fully saturated rings. The fraction of sp³-hybridized carbons (Fsp3) is 0.450. The van der Waals surface area contributed by atoms with Gasteiger partial charge in [-0.3, -0.25) is 4.79 Å². The Morgan fingerprint density at radius 1 is 1.22 bits per heavy atom. The highest BCUT2D eigenvalue weighted by Gasteiger charge is 2.23. The van der Waals surface area contributed by atoms with Gasteiger partial charge >= 0.3 is 11.6 Å². The van der Waals surface area contributed by atoms with Crippen molar-refractivity contribution in [3.63, 3.8) is 0 Å². The Bertz CT molecular complexity index is 872. The molecule has 0 aliphatic heterocycles. The van der Waals surface area contributed by atoms with Gasteiger partial charge in [-0.1, -0.05) is 26.7 Å². The average Bonchev–Trinajstić information content (AvgIpc) is 2.60. The number of hydrogen-bond acceptors (Lipinski definition) is 5. The van der Waals surface area contributed by atoms with E-state index in [1.165, 1.54) is 13.0 Å². The highest BCUT2D eigenvalue weighted by Crippen LogP contribution is 2.24. The van der Waals surface area contributed by atoms with Gasteiger partial charge in [-0.15, -0.1) is 0 Å². The molecule has 1 aromatic carbocycles. The Kier molecular flexibility index (Phi) is 6.98. The van der Waals surface area contributed by atoms with Crippen LogP contribution in [0.4, 0.5) is 0 Å². The molecule has 0 unspecified atom stereocenters. The van der Waals surface area contributed by atoms with E-state index in [2.05, 4.69) is 5.32 Å². The van der Waals surface area contributed by atoms with Crippen molar-refractivity contribution in [2.45, 2.75) is 58.6 Å². The molecule has 1 heterocycles. The lowest BCUT2D eigenvalue weighted by atomic mass is 10.1. The molecule has 2 aromatic rings. The third-order valence-corrected chi connectivity index (χ3v) is 4.20. The third-order valence-electron chi connectivity index (χ3n) is 4.20. The van der Waals surface area contributed by atoms with E-state index >= 15 is 0 Å². The second-order valence-electron chi connectivity index (χ2n) is 6.45. The largest absolute Gasteiger partial charge is 0.481 e. The lowest BCUT2D eigenvalue weighted by Crippen LogP contribution is -2.46. The molecule has 7 nitrogen and oxygen atoms in total. The Morgan fingerprint density at radius 3 is 2.59 bits per heavy atom. The van der Waals surface area contributed by atoms with Crippen LogP contribution in [0.25, 0.3) is 11.0 Å². The van der Waals surface area contributed by atoms with E-state index in [0.717, 1.165) is 23.8 Å². The maximum Gasteiger partial charge on any atom is 0.336 e. The van der Waals surface area contributed by atoms with Crippen molar-refractivity contribution in [2.75, 3.05) is 0 Å². The number of carbonyl (C=O) groups excluding carboxylic acids is 1. The average molecular weight is 375 g/mol. The quantitative estimate of drug-likeness (QED) is 0.653. The van der Waals surface area contributed by atoms with Gasteiger partial charge in [0.05, 0.1) is 0 Å². The topological polar surface area (TPSA) is 106 Å². The highest BCUT2D eigenvalue weighted by molar-refractivity contribution is 5.86. The molecule has 0 radical (unpaired) electrons. The van der Waals surface area contributed by atoms with E-state index in [-0.39, 0.29) is 0 Å². The van der Waals surface area contributed by atoms with Crippen molar-refractivity contribution in [1.82, 2.24) is 5.32 Å². The summed E-state index contributed by atoms with van der Waals surface area (Å²) in [7, 11) is 0. The van der Waals surface area contributed by atoms with Gasteiger partial charge in [0, 0.05) is 17.5 Å². The lowest BCUT2D eigenvalue weighted by molar-refractivity contribution is -0.143. The molecule has 2 N–H and O–H groups in total. The highest BCUT2D eigenvalue weighted by atomic mass is 16.5. The Labute approximate surface area is 157 Å². The van der Waals surface area contributed by atoms with Crippen LogP contribution in [0.5, 0.6) is 5.75 Å². The number of ether oxygens (including phenoxy) is 1. The monoisotopic (exact) mass is 375 g/mol. The van der Waals surface area contributed by atoms with Gasteiger partial charge in [0.1, 0.15) is 17.4 Å². The van der Waals surface area contributed by atoms with Crippen molar-refractivity contribution >= 4 is 22.8 Å². The summed E-state index contributed by atoms with van der Waals surface area (Å²) in [5, 5.41) is 12.4. The van der Waals surface area contributed by atoms with Gasteiger partial charge in [-0.25, -0.2) is 9.59 Å². The molecule has 1 amide bonds. The zero-order valence-corrected chi connectivity index (χ0v) is 15.8. The minimum Gasteiger partial charge on any atom is -0.481 e. The maximum atomic E-state index is 12.2. The first kappa shape index (κ1) is 20.5. The molecule has 0 aliphatic carbocycles. The molecular formula is C20H25NO6. The minimum absolute atomic E-state index is 0.342. The van der Waals surface area contributed by atoms with Crippen LogP contribution in [0.1, 0.15) is 45.6 Å². The number of aryl methyl sites for hydroxylation is 1. The van der Waals surface area contributed by atoms with E-state index in [4.69, 9.17) is 14.3 Å². The number of carboxylic acids is 1. The van der Waals surface area contributed by atoms with Crippen molar-refractivity contribution < 1.29 is 23.8 Å². The predicted octanol–water partition coefficient (Wildman–Crippen LogP) is 2.88. The number of rotatable bonds is 9. The van der Waals surface area contributed by atoms with Crippen LogP contribution in [0.3, 0.4) is 0 Å². The van der Waals surface area contributed by atoms with E-state index in [9.17, 15) is 14.4 Å². The van der Waals surface area contributed by atoms with Crippen molar-refractivity contribution in [3.05, 3.63) is 40.2 Å². The molecule has 146 valence electrons. The molecule has 0 saturated carbocycles. The summed E-state index contributed by atoms with van der Waals surface area (Å²) >= 11 is 0. The summed E-state index contributed by atoms with van der Waals surface area (Å²) in [5.74, 6) is -1.23. The summed E-state index contributed by atoms with van der Waals surface area (Å²) in [6, 6.07) is 5.61. The molecule has 7 heteroatoms. The first-order valence-electron chi connectivity index (χ1n) is 9.12. The molecule has 0 bridgehead atoms. The van der Waals surface area contributed by atoms with Gasteiger partial charge in [0.2, 0.25) is 0 Å². The molecule has 0 spiro atoms. The summed E-state index contributed by atoms with van der Waals surface area (Å²) in [6.45, 7) is 5.41. The first-order chi connectivity index (χ1) is 12.8. The standard InChI is InChI=1S/C20H25NO6/c1-4-6-13-10-18(22)27-17-11-14(8-9-15(13)17)26-12(3)19(23)21-16(7-5-2)20(24)25/h8-12,16H,4-7H2,1-3H3,(H,21,23)(H,24,25)/t12-,16-/m1/s1. The molecular weight excluding hydrogens is 350 g/mol. The second-order valence-corrected chi connectivity index (χ2v) is 6.45. The van der Waals surface area contributed by atoms with Gasteiger partial charge in [-0.05, 0) is 37.5 Å². The predicted molar refractivity (Wildman–Crippen MR) is 101 cm³/mol. The Hall–Kier alpha value is -2.83. The van der Waals surface area contributed by atoms with E-state index in [1.54, 1.807) is 18.2 Å². The summed E-state index contributed by atoms with van der Waals surface area (Å²) in [6.07, 6.45) is 1.74. The summed E-state index contributed by atoms with van der Waals surface area (Å²) in [4.78, 5) is 35.1. The fourth-order valence-corrected chi connectivity index (χ4v) is 2.85. The van der Waals surface area contributed by atoms with Gasteiger partial charge in [-0.2, -0.15) is 0 Å². The zero-order valence-electron chi connectivity index (χ0n) is 15.8. The van der Waals surface area contributed by atoms with E-state index in [0.29, 0.717) is 24.2 Å². The minimum atomic E-state index is -1.08. The molecule has 0 saturated heterocycles. The first-order valence-corrected chi connectivity index (χ1v) is 9.12. The number of benzene rings is 1. The third kappa shape index (κ3) is 5.32. The number of fused-ring (bicyclic) bond motifs is 1. The molecule has 0 aliphatic rings. The number of hydrogen-bond donors (Lipinski definition) is 2. The number of carboxylic acid groups (broad SMARTS) is 1. The van der Waals surface area contributed by atoms with Crippen molar-refractivity contribution in [3.8, 4) is 5.75 Å². The van der Waals surface area contributed by atoms with Gasteiger partial charge in [0.15, 0.2) is 6.10 Å². The number of carbonyl (C=O) groups is 2. The van der Waals surface area contributed by atoms with Crippen LogP contribution < -0.4 is 15.7 Å². The van der Waals surface area contributed by atoms with Crippen LogP contribution >= 0.6 is 0 Å². The van der Waals surface area contributed by atoms with E-state index in [1.807, 2.05) is 13.8 Å². The number of aliphatic carboxylic acids is 1. The van der Waals surface area contributed by atoms with E-state index < -0.39 is 29.6 Å². The van der Waals surface area contributed by atoms with Gasteiger partial charge in [0.25, 0.3) is 5.91 Å². The van der Waals surface area contributed by atoms with Gasteiger partial charge < -0.3 is 19.6 Å². The normalized spacial score (nSPS) is 13.1. The Morgan fingerprint density at radius 2 is 1.96 bits per heavy atom. The van der Waals surface area contributed by atoms with Crippen LogP contribution in [0.2, 0.25) is 0 Å².